The summed E-state index contributed by atoms with van der Waals surface area (Å²) in [7, 11) is 0. The van der Waals surface area contributed by atoms with Crippen molar-refractivity contribution in [3.63, 3.8) is 0 Å². The van der Waals surface area contributed by atoms with Crippen molar-refractivity contribution < 1.29 is 43.5 Å². The van der Waals surface area contributed by atoms with Gasteiger partial charge in [-0.05, 0) is 78.3 Å². The van der Waals surface area contributed by atoms with Crippen LogP contribution in [0.3, 0.4) is 0 Å². The molecule has 15 nitrogen and oxygen atoms in total. The van der Waals surface area contributed by atoms with Crippen molar-refractivity contribution in [2.24, 2.45) is 17.6 Å². The number of carbonyl (C=O) groups is 8. The molecule has 7 rings (SSSR count). The summed E-state index contributed by atoms with van der Waals surface area (Å²) in [5.41, 5.74) is 9.87. The van der Waals surface area contributed by atoms with Gasteiger partial charge in [0.2, 0.25) is 17.7 Å². The van der Waals surface area contributed by atoms with Gasteiger partial charge >= 0.3 is 0 Å². The summed E-state index contributed by atoms with van der Waals surface area (Å²) in [5.74, 6) is -2.57. The second-order valence-corrected chi connectivity index (χ2v) is 18.9. The molecule has 0 bridgehead atoms. The van der Waals surface area contributed by atoms with Crippen LogP contribution in [0.25, 0.3) is 21.7 Å². The topological polar surface area (TPSA) is 229 Å². The summed E-state index contributed by atoms with van der Waals surface area (Å²) in [4.78, 5) is 108. The summed E-state index contributed by atoms with van der Waals surface area (Å²) in [6.07, 6.45) is 5.36. The van der Waals surface area contributed by atoms with Gasteiger partial charge in [0.1, 0.15) is 11.4 Å². The lowest BCUT2D eigenvalue weighted by atomic mass is 9.89. The number of alkyl halides is 1. The Morgan fingerprint density at radius 2 is 1.54 bits per heavy atom. The third-order valence-corrected chi connectivity index (χ3v) is 13.6. The van der Waals surface area contributed by atoms with Crippen molar-refractivity contribution in [1.82, 2.24) is 20.5 Å². The number of aromatic nitrogens is 1. The standard InChI is InChI=1S/C54H59ClN6O9/c1-32(2)38(11-7-23-57-49(66)14-8-24-60-50(67)21-22-51(60)68)53(69)59-42(12-5-6-13-48(56)65)47(64)26-33-15-18-35(19-16-33)45(62)27-34-17-20-41-36(25-34)28-43(58-41)54(70)61-31-37(30-55)52-40-10-4-3-9-39(40)46(63)29-44(52)61/h3-4,9-10,15-22,25,28-29,32,37-38,42,58,63H,5-8,11-14,23-24,26-27,30-31H2,1-2H3,(H2,56,65)(H,57,66)(H,59,69)/t37-,38+,42+/m1/s1. The number of anilines is 1. The monoisotopic (exact) mass is 970 g/mol. The first-order valence-corrected chi connectivity index (χ1v) is 24.4. The molecule has 2 aliphatic heterocycles. The van der Waals surface area contributed by atoms with Gasteiger partial charge in [-0.1, -0.05) is 74.9 Å². The van der Waals surface area contributed by atoms with E-state index in [9.17, 15) is 43.5 Å². The first kappa shape index (κ1) is 50.7. The van der Waals surface area contributed by atoms with Gasteiger partial charge in [-0.15, -0.1) is 11.6 Å². The highest BCUT2D eigenvalue weighted by Gasteiger charge is 2.36. The highest BCUT2D eigenvalue weighted by Crippen LogP contribution is 2.45. The van der Waals surface area contributed by atoms with Gasteiger partial charge in [-0.3, -0.25) is 43.3 Å². The minimum atomic E-state index is -0.825. The number of hydrogen-bond acceptors (Lipinski definition) is 9. The van der Waals surface area contributed by atoms with Crippen molar-refractivity contribution >= 4 is 86.0 Å². The van der Waals surface area contributed by atoms with E-state index in [1.54, 1.807) is 41.3 Å². The number of nitrogens with one attached hydrogen (secondary N) is 3. The maximum Gasteiger partial charge on any atom is 0.274 e. The molecule has 0 fully saturated rings. The van der Waals surface area contributed by atoms with E-state index in [2.05, 4.69) is 15.6 Å². The molecule has 0 aliphatic carbocycles. The number of ketones is 2. The van der Waals surface area contributed by atoms with Crippen LogP contribution in [0.15, 0.2) is 91.0 Å². The first-order valence-electron chi connectivity index (χ1n) is 23.9. The summed E-state index contributed by atoms with van der Waals surface area (Å²) in [5, 5.41) is 19.0. The van der Waals surface area contributed by atoms with Crippen LogP contribution in [-0.4, -0.2) is 93.6 Å². The van der Waals surface area contributed by atoms with Crippen molar-refractivity contribution in [2.45, 2.75) is 90.0 Å². The number of unbranched alkanes of at least 4 members (excludes halogenated alkanes) is 1. The lowest BCUT2D eigenvalue weighted by molar-refractivity contribution is -0.137. The SMILES string of the molecule is CC(C)[C@H](CCCNC(=O)CCCN1C(=O)C=CC1=O)C(=O)N[C@@H](CCCCC(N)=O)C(=O)Cc1ccc(C(=O)Cc2ccc3[nH]c(C(=O)N4C[C@@H](CCl)c5c4cc(O)c4ccccc54)cc3c2)cc1. The predicted octanol–water partition coefficient (Wildman–Crippen LogP) is 6.95. The van der Waals surface area contributed by atoms with Gasteiger partial charge < -0.3 is 31.4 Å². The van der Waals surface area contributed by atoms with Gasteiger partial charge in [0.05, 0.1) is 11.7 Å². The molecule has 1 aromatic heterocycles. The molecule has 6 N–H and O–H groups in total. The molecule has 6 amide bonds. The van der Waals surface area contributed by atoms with Crippen LogP contribution in [0.1, 0.15) is 109 Å². The van der Waals surface area contributed by atoms with Crippen LogP contribution in [0, 0.1) is 11.8 Å². The number of primary amides is 1. The van der Waals surface area contributed by atoms with Crippen LogP contribution in [0.4, 0.5) is 5.69 Å². The van der Waals surface area contributed by atoms with Gasteiger partial charge in [0.15, 0.2) is 11.6 Å². The van der Waals surface area contributed by atoms with Gasteiger partial charge in [-0.2, -0.15) is 0 Å². The van der Waals surface area contributed by atoms with E-state index >= 15 is 0 Å². The maximum absolute atomic E-state index is 14.0. The number of nitrogens with two attached hydrogens (primary N) is 1. The summed E-state index contributed by atoms with van der Waals surface area (Å²) in [6.45, 7) is 4.69. The smallest absolute Gasteiger partial charge is 0.274 e. The molecule has 2 aliphatic rings. The number of benzene rings is 4. The van der Waals surface area contributed by atoms with E-state index in [0.717, 1.165) is 32.3 Å². The Kier molecular flexibility index (Phi) is 16.7. The van der Waals surface area contributed by atoms with Gasteiger partial charge in [0.25, 0.3) is 17.7 Å². The summed E-state index contributed by atoms with van der Waals surface area (Å²) < 4.78 is 0. The molecule has 70 heavy (non-hydrogen) atoms. The van der Waals surface area contributed by atoms with Crippen LogP contribution in [-0.2, 0) is 41.6 Å². The normalized spacial score (nSPS) is 15.2. The zero-order valence-electron chi connectivity index (χ0n) is 39.4. The second kappa shape index (κ2) is 23.0. The number of phenolic OH excluding ortho intramolecular Hbond substituents is 1. The molecule has 3 atom stereocenters. The number of fused-ring (bicyclic) bond motifs is 4. The number of amides is 6. The number of imide groups is 1. The lowest BCUT2D eigenvalue weighted by Gasteiger charge is -2.24. The Hall–Kier alpha value is -7.13. The van der Waals surface area contributed by atoms with Gasteiger partial charge in [-0.25, -0.2) is 0 Å². The minimum absolute atomic E-state index is 0.00270. The molecular formula is C54H59ClN6O9. The number of carbonyl (C=O) groups excluding carboxylic acids is 8. The maximum atomic E-state index is 14.0. The Morgan fingerprint density at radius 3 is 2.24 bits per heavy atom. The van der Waals surface area contributed by atoms with E-state index in [0.29, 0.717) is 85.4 Å². The molecule has 5 aromatic rings. The number of phenols is 1. The fourth-order valence-corrected chi connectivity index (χ4v) is 9.66. The fraction of sp³-hybridized carbons (Fsp3) is 0.370. The van der Waals surface area contributed by atoms with Crippen molar-refractivity contribution in [3.8, 4) is 5.75 Å². The fourth-order valence-electron chi connectivity index (χ4n) is 9.41. The molecule has 3 heterocycles. The molecule has 0 unspecified atom stereocenters. The van der Waals surface area contributed by atoms with E-state index in [1.165, 1.54) is 12.2 Å². The molecule has 4 aromatic carbocycles. The quantitative estimate of drug-likeness (QED) is 0.0186. The molecule has 0 spiro atoms. The largest absolute Gasteiger partial charge is 0.507 e. The number of halogens is 1. The Balaban J connectivity index is 0.929. The number of Topliss-reactive ketones (excluding diaryl/α,β-unsaturated/α-hetero) is 2. The molecule has 16 heteroatoms. The van der Waals surface area contributed by atoms with E-state index in [1.807, 2.05) is 56.3 Å². The molecule has 0 radical (unpaired) electrons. The van der Waals surface area contributed by atoms with Crippen LogP contribution >= 0.6 is 11.6 Å². The zero-order chi connectivity index (χ0) is 50.1. The number of rotatable bonds is 24. The number of aromatic amines is 1. The third kappa shape index (κ3) is 12.2. The van der Waals surface area contributed by atoms with Crippen LogP contribution in [0.2, 0.25) is 0 Å². The highest BCUT2D eigenvalue weighted by molar-refractivity contribution is 6.19. The lowest BCUT2D eigenvalue weighted by Crippen LogP contribution is -2.45. The number of hydrogen-bond donors (Lipinski definition) is 5. The van der Waals surface area contributed by atoms with Gasteiger partial charge in [0, 0.05) is 103 Å². The minimum Gasteiger partial charge on any atom is -0.507 e. The average Bonchev–Trinajstić information content (AvgIpc) is 4.03. The van der Waals surface area contributed by atoms with E-state index < -0.39 is 17.9 Å². The Bertz CT molecular complexity index is 2840. The molecular weight excluding hydrogens is 912 g/mol. The van der Waals surface area contributed by atoms with Crippen molar-refractivity contribution in [3.05, 3.63) is 119 Å². The highest BCUT2D eigenvalue weighted by atomic mass is 35.5. The summed E-state index contributed by atoms with van der Waals surface area (Å²) >= 11 is 6.41. The molecule has 366 valence electrons. The number of nitrogens with zero attached hydrogens (tertiary/aromatic N) is 2. The van der Waals surface area contributed by atoms with E-state index in [-0.39, 0.29) is 90.9 Å². The Labute approximate surface area is 411 Å². The first-order chi connectivity index (χ1) is 33.6. The Morgan fingerprint density at radius 1 is 0.829 bits per heavy atom. The predicted molar refractivity (Wildman–Crippen MR) is 267 cm³/mol. The zero-order valence-corrected chi connectivity index (χ0v) is 40.2. The average molecular weight is 972 g/mol. The van der Waals surface area contributed by atoms with Crippen LogP contribution in [0.5, 0.6) is 5.75 Å². The second-order valence-electron chi connectivity index (χ2n) is 18.6. The molecule has 0 saturated heterocycles. The summed E-state index contributed by atoms with van der Waals surface area (Å²) in [6, 6.07) is 22.5. The van der Waals surface area contributed by atoms with Crippen LogP contribution < -0.4 is 21.3 Å². The molecule has 0 saturated carbocycles. The number of H-pyrrole nitrogens is 1. The van der Waals surface area contributed by atoms with Crippen molar-refractivity contribution in [2.75, 3.05) is 30.4 Å². The third-order valence-electron chi connectivity index (χ3n) is 13.2. The van der Waals surface area contributed by atoms with E-state index in [4.69, 9.17) is 17.3 Å². The number of aromatic hydroxyl groups is 1. The van der Waals surface area contributed by atoms with Crippen molar-refractivity contribution in [1.29, 1.82) is 0 Å².